The number of para-hydroxylation sites is 2. The number of hydrogen-bond acceptors (Lipinski definition) is 5. The lowest BCUT2D eigenvalue weighted by Crippen LogP contribution is -2.54. The Morgan fingerprint density at radius 1 is 0.939 bits per heavy atom. The van der Waals surface area contributed by atoms with Gasteiger partial charge in [-0.25, -0.2) is 0 Å². The quantitative estimate of drug-likeness (QED) is 0.595. The van der Waals surface area contributed by atoms with Crippen LogP contribution in [-0.4, -0.2) is 59.4 Å². The van der Waals surface area contributed by atoms with Gasteiger partial charge in [0.25, 0.3) is 5.56 Å². The molecule has 0 spiro atoms. The van der Waals surface area contributed by atoms with Crippen LogP contribution in [0.5, 0.6) is 0 Å². The van der Waals surface area contributed by atoms with Crippen molar-refractivity contribution in [3.8, 4) is 5.69 Å². The molecule has 7 nitrogen and oxygen atoms in total. The van der Waals surface area contributed by atoms with Crippen LogP contribution in [-0.2, 0) is 11.2 Å². The van der Waals surface area contributed by atoms with Crippen LogP contribution in [0.1, 0.15) is 12.5 Å². The highest BCUT2D eigenvalue weighted by molar-refractivity contribution is 6.33. The maximum Gasteiger partial charge on any atom is 0.292 e. The third-order valence-corrected chi connectivity index (χ3v) is 6.97. The number of anilines is 2. The average Bonchev–Trinajstić information content (AvgIpc) is 3.30. The lowest BCUT2D eigenvalue weighted by Gasteiger charge is -2.39. The summed E-state index contributed by atoms with van der Waals surface area (Å²) in [7, 11) is 0. The minimum atomic E-state index is -0.334. The molecule has 0 bridgehead atoms. The maximum atomic E-state index is 13.2. The Labute approximate surface area is 197 Å². The van der Waals surface area contributed by atoms with E-state index in [-0.39, 0.29) is 22.5 Å². The van der Waals surface area contributed by atoms with Gasteiger partial charge in [0.15, 0.2) is 0 Å². The minimum Gasteiger partial charge on any atom is -0.366 e. The zero-order valence-corrected chi connectivity index (χ0v) is 19.3. The van der Waals surface area contributed by atoms with Crippen molar-refractivity contribution >= 4 is 28.9 Å². The first-order valence-electron chi connectivity index (χ1n) is 11.3. The van der Waals surface area contributed by atoms with E-state index in [0.717, 1.165) is 18.7 Å². The lowest BCUT2D eigenvalue weighted by molar-refractivity contribution is -0.123. The van der Waals surface area contributed by atoms with Gasteiger partial charge in [-0.15, -0.1) is 0 Å². The average molecular weight is 464 g/mol. The van der Waals surface area contributed by atoms with Crippen molar-refractivity contribution in [2.75, 3.05) is 42.5 Å². The number of hydrogen-bond donors (Lipinski definition) is 0. The summed E-state index contributed by atoms with van der Waals surface area (Å²) in [5.41, 5.74) is 3.25. The molecule has 3 heterocycles. The number of carbonyl (C=O) groups excluding carboxylic acids is 1. The van der Waals surface area contributed by atoms with Crippen LogP contribution in [0.3, 0.4) is 0 Å². The largest absolute Gasteiger partial charge is 0.366 e. The molecule has 33 heavy (non-hydrogen) atoms. The zero-order valence-electron chi connectivity index (χ0n) is 18.5. The van der Waals surface area contributed by atoms with Gasteiger partial charge in [-0.05, 0) is 37.1 Å². The standard InChI is InChI=1S/C25H26ClN5O2/c1-18(24(32)30-12-11-19-7-5-6-10-21(19)30)28-13-15-29(16-14-28)22-17-27-31(25(33)23(22)26)20-8-3-2-4-9-20/h2-10,17-18H,11-16H2,1H3. The van der Waals surface area contributed by atoms with Crippen LogP contribution < -0.4 is 15.4 Å². The van der Waals surface area contributed by atoms with Crippen molar-refractivity contribution in [2.24, 2.45) is 0 Å². The Kier molecular flexibility index (Phi) is 5.91. The van der Waals surface area contributed by atoms with Gasteiger partial charge in [-0.1, -0.05) is 48.0 Å². The highest BCUT2D eigenvalue weighted by Crippen LogP contribution is 2.29. The third kappa shape index (κ3) is 4.03. The monoisotopic (exact) mass is 463 g/mol. The summed E-state index contributed by atoms with van der Waals surface area (Å²) in [5.74, 6) is 0.138. The number of amides is 1. The van der Waals surface area contributed by atoms with Gasteiger partial charge in [0.2, 0.25) is 5.91 Å². The second-order valence-corrected chi connectivity index (χ2v) is 8.84. The number of aromatic nitrogens is 2. The molecule has 0 saturated carbocycles. The summed E-state index contributed by atoms with van der Waals surface area (Å²) in [4.78, 5) is 32.2. The van der Waals surface area contributed by atoms with Crippen molar-refractivity contribution < 1.29 is 4.79 Å². The molecule has 0 N–H and O–H groups in total. The zero-order chi connectivity index (χ0) is 22.9. The number of halogens is 1. The summed E-state index contributed by atoms with van der Waals surface area (Å²) in [5, 5.41) is 4.51. The number of rotatable bonds is 4. The van der Waals surface area contributed by atoms with Gasteiger partial charge >= 0.3 is 0 Å². The van der Waals surface area contributed by atoms with Crippen LogP contribution in [0.25, 0.3) is 5.69 Å². The fourth-order valence-corrected chi connectivity index (χ4v) is 4.95. The van der Waals surface area contributed by atoms with Crippen LogP contribution >= 0.6 is 11.6 Å². The van der Waals surface area contributed by atoms with E-state index in [1.165, 1.54) is 10.2 Å². The summed E-state index contributed by atoms with van der Waals surface area (Å²) in [6.45, 7) is 5.48. The first-order valence-corrected chi connectivity index (χ1v) is 11.6. The fourth-order valence-electron chi connectivity index (χ4n) is 4.70. The van der Waals surface area contributed by atoms with Crippen LogP contribution in [0, 0.1) is 0 Å². The number of benzene rings is 2. The van der Waals surface area contributed by atoms with E-state index in [2.05, 4.69) is 21.0 Å². The molecule has 2 aliphatic rings. The molecule has 1 atom stereocenters. The van der Waals surface area contributed by atoms with Crippen molar-refractivity contribution in [3.05, 3.63) is 81.7 Å². The van der Waals surface area contributed by atoms with Gasteiger partial charge in [-0.2, -0.15) is 9.78 Å². The molecule has 1 aromatic heterocycles. The predicted octanol–water partition coefficient (Wildman–Crippen LogP) is 2.99. The Hall–Kier alpha value is -3.16. The topological polar surface area (TPSA) is 61.7 Å². The molecule has 1 saturated heterocycles. The Balaban J connectivity index is 1.26. The molecule has 0 radical (unpaired) electrons. The van der Waals surface area contributed by atoms with E-state index in [9.17, 15) is 9.59 Å². The first kappa shape index (κ1) is 21.7. The molecular formula is C25H26ClN5O2. The second kappa shape index (κ2) is 9.00. The van der Waals surface area contributed by atoms with Crippen LogP contribution in [0.2, 0.25) is 5.02 Å². The van der Waals surface area contributed by atoms with Gasteiger partial charge in [0, 0.05) is 38.4 Å². The molecule has 1 fully saturated rings. The van der Waals surface area contributed by atoms with Gasteiger partial charge < -0.3 is 9.80 Å². The van der Waals surface area contributed by atoms with E-state index in [0.29, 0.717) is 37.6 Å². The van der Waals surface area contributed by atoms with Gasteiger partial charge in [-0.3, -0.25) is 14.5 Å². The summed E-state index contributed by atoms with van der Waals surface area (Å²) in [6.07, 6.45) is 2.56. The number of carbonyl (C=O) groups is 1. The Morgan fingerprint density at radius 3 is 2.39 bits per heavy atom. The molecular weight excluding hydrogens is 438 g/mol. The third-order valence-electron chi connectivity index (χ3n) is 6.61. The van der Waals surface area contributed by atoms with E-state index in [4.69, 9.17) is 11.6 Å². The predicted molar refractivity (Wildman–Crippen MR) is 131 cm³/mol. The summed E-state index contributed by atoms with van der Waals surface area (Å²) >= 11 is 6.48. The highest BCUT2D eigenvalue weighted by Gasteiger charge is 2.32. The van der Waals surface area contributed by atoms with Crippen molar-refractivity contribution in [1.82, 2.24) is 14.7 Å². The summed E-state index contributed by atoms with van der Waals surface area (Å²) in [6, 6.07) is 17.1. The van der Waals surface area contributed by atoms with E-state index >= 15 is 0 Å². The molecule has 0 aliphatic carbocycles. The molecule has 2 aromatic carbocycles. The lowest BCUT2D eigenvalue weighted by atomic mass is 10.1. The normalized spacial score (nSPS) is 17.2. The molecule has 5 rings (SSSR count). The molecule has 3 aromatic rings. The fraction of sp³-hybridized carbons (Fsp3) is 0.320. The number of nitrogens with zero attached hydrogens (tertiary/aromatic N) is 5. The summed E-state index contributed by atoms with van der Waals surface area (Å²) < 4.78 is 1.32. The van der Waals surface area contributed by atoms with Crippen molar-refractivity contribution in [2.45, 2.75) is 19.4 Å². The van der Waals surface area contributed by atoms with E-state index in [1.807, 2.05) is 60.4 Å². The minimum absolute atomic E-state index is 0.138. The van der Waals surface area contributed by atoms with Gasteiger partial charge in [0.1, 0.15) is 5.02 Å². The molecule has 170 valence electrons. The first-order chi connectivity index (χ1) is 16.0. The van der Waals surface area contributed by atoms with Crippen molar-refractivity contribution in [3.63, 3.8) is 0 Å². The van der Waals surface area contributed by atoms with Crippen LogP contribution in [0.4, 0.5) is 11.4 Å². The number of piperazine rings is 1. The molecule has 2 aliphatic heterocycles. The molecule has 1 unspecified atom stereocenters. The van der Waals surface area contributed by atoms with E-state index in [1.54, 1.807) is 6.20 Å². The van der Waals surface area contributed by atoms with Crippen molar-refractivity contribution in [1.29, 1.82) is 0 Å². The molecule has 8 heteroatoms. The second-order valence-electron chi connectivity index (χ2n) is 8.46. The van der Waals surface area contributed by atoms with Crippen LogP contribution in [0.15, 0.2) is 65.6 Å². The van der Waals surface area contributed by atoms with Gasteiger partial charge in [0.05, 0.1) is 23.6 Å². The maximum absolute atomic E-state index is 13.2. The van der Waals surface area contributed by atoms with E-state index < -0.39 is 0 Å². The molecule has 1 amide bonds. The Morgan fingerprint density at radius 2 is 1.64 bits per heavy atom. The SMILES string of the molecule is CC(C(=O)N1CCc2ccccc21)N1CCN(c2cnn(-c3ccccc3)c(=O)c2Cl)CC1. The smallest absolute Gasteiger partial charge is 0.292 e. The Bertz CT molecular complexity index is 1220. The highest BCUT2D eigenvalue weighted by atomic mass is 35.5. The number of fused-ring (bicyclic) bond motifs is 1.